The maximum Gasteiger partial charge on any atom is 0.337 e. The van der Waals surface area contributed by atoms with Crippen LogP contribution in [0.4, 0.5) is 5.69 Å². The van der Waals surface area contributed by atoms with Gasteiger partial charge in [-0.05, 0) is 54.6 Å². The molecular formula is C22H15ClN2O5. The third-order valence-corrected chi connectivity index (χ3v) is 4.44. The van der Waals surface area contributed by atoms with Gasteiger partial charge in [-0.15, -0.1) is 0 Å². The van der Waals surface area contributed by atoms with Gasteiger partial charge in [0.05, 0.1) is 17.7 Å². The number of anilines is 1. The molecule has 7 nitrogen and oxygen atoms in total. The maximum atomic E-state index is 12.4. The number of methoxy groups -OCH3 is 1. The zero-order valence-electron chi connectivity index (χ0n) is 15.7. The van der Waals surface area contributed by atoms with Crippen molar-refractivity contribution < 1.29 is 23.8 Å². The number of aromatic carboxylic acids is 1. The van der Waals surface area contributed by atoms with E-state index in [0.717, 1.165) is 0 Å². The number of nitrogens with zero attached hydrogens (tertiary/aromatic N) is 1. The normalized spacial score (nSPS) is 10.9. The monoisotopic (exact) mass is 422 g/mol. The highest BCUT2D eigenvalue weighted by Crippen LogP contribution is 2.28. The molecule has 0 atom stereocenters. The minimum atomic E-state index is -1.16. The highest BCUT2D eigenvalue weighted by Gasteiger charge is 2.14. The van der Waals surface area contributed by atoms with Gasteiger partial charge in [0.2, 0.25) is 0 Å². The summed E-state index contributed by atoms with van der Waals surface area (Å²) in [5, 5.41) is 21.3. The Balaban J connectivity index is 1.81. The predicted octanol–water partition coefficient (Wildman–Crippen LogP) is 4.85. The number of rotatable bonds is 6. The fourth-order valence-corrected chi connectivity index (χ4v) is 2.79. The molecule has 0 saturated carbocycles. The molecule has 3 aromatic rings. The van der Waals surface area contributed by atoms with Crippen molar-refractivity contribution in [1.29, 1.82) is 5.26 Å². The van der Waals surface area contributed by atoms with Gasteiger partial charge in [0.1, 0.15) is 28.9 Å². The van der Waals surface area contributed by atoms with Crippen LogP contribution in [-0.4, -0.2) is 24.1 Å². The number of carboxylic acids is 1. The Bertz CT molecular complexity index is 1170. The van der Waals surface area contributed by atoms with Crippen LogP contribution in [0, 0.1) is 11.3 Å². The molecule has 0 radical (unpaired) electrons. The van der Waals surface area contributed by atoms with Crippen LogP contribution in [0.3, 0.4) is 0 Å². The van der Waals surface area contributed by atoms with E-state index in [-0.39, 0.29) is 21.9 Å². The Morgan fingerprint density at radius 3 is 2.53 bits per heavy atom. The lowest BCUT2D eigenvalue weighted by molar-refractivity contribution is -0.112. The number of nitriles is 1. The number of hydrogen-bond acceptors (Lipinski definition) is 5. The van der Waals surface area contributed by atoms with Crippen molar-refractivity contribution in [1.82, 2.24) is 0 Å². The molecule has 0 aliphatic rings. The molecule has 1 amide bonds. The average Bonchev–Trinajstić information content (AvgIpc) is 3.21. The van der Waals surface area contributed by atoms with Gasteiger partial charge < -0.3 is 19.6 Å². The minimum absolute atomic E-state index is 0.0563. The fourth-order valence-electron chi connectivity index (χ4n) is 2.59. The van der Waals surface area contributed by atoms with Crippen LogP contribution >= 0.6 is 11.6 Å². The summed E-state index contributed by atoms with van der Waals surface area (Å²) < 4.78 is 10.7. The first-order valence-electron chi connectivity index (χ1n) is 8.61. The molecule has 0 aliphatic carbocycles. The SMILES string of the molecule is COc1ccc(NC(=O)/C(C#N)=C/c2ccc(-c3ccc(Cl)c(C(=O)O)c3)o2)cc1. The number of hydrogen-bond donors (Lipinski definition) is 2. The first-order chi connectivity index (χ1) is 14.4. The van der Waals surface area contributed by atoms with Gasteiger partial charge in [-0.1, -0.05) is 11.6 Å². The summed E-state index contributed by atoms with van der Waals surface area (Å²) in [6, 6.07) is 16.1. The Hall–Kier alpha value is -4.02. The van der Waals surface area contributed by atoms with E-state index < -0.39 is 11.9 Å². The molecule has 0 unspecified atom stereocenters. The van der Waals surface area contributed by atoms with Gasteiger partial charge in [0.15, 0.2) is 0 Å². The lowest BCUT2D eigenvalue weighted by Gasteiger charge is -2.05. The zero-order valence-corrected chi connectivity index (χ0v) is 16.4. The molecule has 0 fully saturated rings. The van der Waals surface area contributed by atoms with Crippen LogP contribution in [0.15, 0.2) is 64.6 Å². The van der Waals surface area contributed by atoms with E-state index in [1.807, 2.05) is 6.07 Å². The Kier molecular flexibility index (Phi) is 6.20. The molecule has 2 aromatic carbocycles. The first kappa shape index (κ1) is 20.7. The number of nitrogens with one attached hydrogen (secondary N) is 1. The number of furan rings is 1. The highest BCUT2D eigenvalue weighted by atomic mass is 35.5. The summed E-state index contributed by atoms with van der Waals surface area (Å²) >= 11 is 5.88. The Morgan fingerprint density at radius 1 is 1.17 bits per heavy atom. The number of carboxylic acid groups (broad SMARTS) is 1. The van der Waals surface area contributed by atoms with Gasteiger partial charge in [0.25, 0.3) is 5.91 Å². The predicted molar refractivity (Wildman–Crippen MR) is 111 cm³/mol. The van der Waals surface area contributed by atoms with Crippen LogP contribution in [0.2, 0.25) is 5.02 Å². The summed E-state index contributed by atoms with van der Waals surface area (Å²) in [5.74, 6) is -0.484. The van der Waals surface area contributed by atoms with E-state index >= 15 is 0 Å². The lowest BCUT2D eigenvalue weighted by atomic mass is 10.1. The lowest BCUT2D eigenvalue weighted by Crippen LogP contribution is -2.13. The van der Waals surface area contributed by atoms with Crippen molar-refractivity contribution in [3.05, 3.63) is 76.5 Å². The third kappa shape index (κ3) is 4.69. The van der Waals surface area contributed by atoms with Gasteiger partial charge in [-0.2, -0.15) is 5.26 Å². The van der Waals surface area contributed by atoms with E-state index in [0.29, 0.717) is 22.8 Å². The second kappa shape index (κ2) is 8.99. The third-order valence-electron chi connectivity index (χ3n) is 4.11. The van der Waals surface area contributed by atoms with Crippen LogP contribution < -0.4 is 10.1 Å². The first-order valence-corrected chi connectivity index (χ1v) is 8.99. The maximum absolute atomic E-state index is 12.4. The van der Waals surface area contributed by atoms with Crippen LogP contribution in [0.1, 0.15) is 16.1 Å². The number of benzene rings is 2. The van der Waals surface area contributed by atoms with Crippen molar-refractivity contribution in [3.8, 4) is 23.1 Å². The van der Waals surface area contributed by atoms with E-state index in [4.69, 9.17) is 20.8 Å². The van der Waals surface area contributed by atoms with Crippen molar-refractivity contribution >= 4 is 35.2 Å². The molecule has 1 aromatic heterocycles. The van der Waals surface area contributed by atoms with Gasteiger partial charge in [-0.3, -0.25) is 4.79 Å². The standard InChI is InChI=1S/C22H15ClN2O5/c1-29-16-5-3-15(4-6-16)25-21(26)14(12-24)10-17-7-9-20(30-17)13-2-8-19(23)18(11-13)22(27)28/h2-11H,1H3,(H,25,26)(H,27,28)/b14-10+. The number of carbonyl (C=O) groups excluding carboxylic acids is 1. The number of amides is 1. The summed E-state index contributed by atoms with van der Waals surface area (Å²) in [6.45, 7) is 0. The van der Waals surface area contributed by atoms with Crippen molar-refractivity contribution in [2.75, 3.05) is 12.4 Å². The van der Waals surface area contributed by atoms with E-state index in [9.17, 15) is 20.0 Å². The molecule has 2 N–H and O–H groups in total. The van der Waals surface area contributed by atoms with E-state index in [1.165, 1.54) is 25.3 Å². The van der Waals surface area contributed by atoms with Crippen molar-refractivity contribution in [2.45, 2.75) is 0 Å². The molecule has 8 heteroatoms. The smallest absolute Gasteiger partial charge is 0.337 e. The van der Waals surface area contributed by atoms with E-state index in [1.54, 1.807) is 42.5 Å². The number of halogens is 1. The molecule has 0 bridgehead atoms. The molecular weight excluding hydrogens is 408 g/mol. The molecule has 3 rings (SSSR count). The number of carbonyl (C=O) groups is 2. The molecule has 150 valence electrons. The Labute approximate surface area is 176 Å². The molecule has 0 aliphatic heterocycles. The largest absolute Gasteiger partial charge is 0.497 e. The molecule has 30 heavy (non-hydrogen) atoms. The molecule has 0 saturated heterocycles. The van der Waals surface area contributed by atoms with Gasteiger partial charge in [-0.25, -0.2) is 4.79 Å². The van der Waals surface area contributed by atoms with Gasteiger partial charge in [0, 0.05) is 17.3 Å². The topological polar surface area (TPSA) is 113 Å². The highest BCUT2D eigenvalue weighted by molar-refractivity contribution is 6.33. The minimum Gasteiger partial charge on any atom is -0.497 e. The van der Waals surface area contributed by atoms with Crippen LogP contribution in [0.5, 0.6) is 5.75 Å². The van der Waals surface area contributed by atoms with Gasteiger partial charge >= 0.3 is 5.97 Å². The average molecular weight is 423 g/mol. The van der Waals surface area contributed by atoms with Crippen molar-refractivity contribution in [3.63, 3.8) is 0 Å². The summed E-state index contributed by atoms with van der Waals surface area (Å²) in [4.78, 5) is 23.6. The fraction of sp³-hybridized carbons (Fsp3) is 0.0455. The van der Waals surface area contributed by atoms with E-state index in [2.05, 4.69) is 5.32 Å². The van der Waals surface area contributed by atoms with Crippen molar-refractivity contribution in [2.24, 2.45) is 0 Å². The second-order valence-corrected chi connectivity index (χ2v) is 6.46. The Morgan fingerprint density at radius 2 is 1.90 bits per heavy atom. The summed E-state index contributed by atoms with van der Waals surface area (Å²) in [7, 11) is 1.54. The zero-order chi connectivity index (χ0) is 21.7. The number of ether oxygens (including phenoxy) is 1. The molecule has 0 spiro atoms. The van der Waals surface area contributed by atoms with Crippen LogP contribution in [0.25, 0.3) is 17.4 Å². The summed E-state index contributed by atoms with van der Waals surface area (Å²) in [6.07, 6.45) is 1.30. The second-order valence-electron chi connectivity index (χ2n) is 6.05. The molecule has 1 heterocycles. The van der Waals surface area contributed by atoms with Crippen LogP contribution in [-0.2, 0) is 4.79 Å². The summed E-state index contributed by atoms with van der Waals surface area (Å²) in [5.41, 5.74) is 0.787. The quantitative estimate of drug-likeness (QED) is 0.433.